The number of sulfone groups is 1. The average molecular weight is 748 g/mol. The number of para-hydroxylation sites is 1. The highest BCUT2D eigenvalue weighted by Crippen LogP contribution is 2.53. The predicted molar refractivity (Wildman–Crippen MR) is 188 cm³/mol. The van der Waals surface area contributed by atoms with Crippen molar-refractivity contribution in [3.05, 3.63) is 77.1 Å². The van der Waals surface area contributed by atoms with Crippen LogP contribution in [0.3, 0.4) is 0 Å². The summed E-state index contributed by atoms with van der Waals surface area (Å²) >= 11 is 6.51. The number of hydrogen-bond donors (Lipinski definition) is 5. The highest BCUT2D eigenvalue weighted by Gasteiger charge is 2.48. The second-order valence-corrected chi connectivity index (χ2v) is 15.7. The third-order valence-electron chi connectivity index (χ3n) is 9.27. The maximum Gasteiger partial charge on any atom is 0.180 e. The number of halogens is 1. The third-order valence-corrected chi connectivity index (χ3v) is 11.3. The van der Waals surface area contributed by atoms with Crippen molar-refractivity contribution >= 4 is 27.2 Å². The number of aliphatic hydroxyl groups is 5. The zero-order chi connectivity index (χ0) is 36.6. The number of hydrogen-bond acceptors (Lipinski definition) is 12. The van der Waals surface area contributed by atoms with Crippen molar-refractivity contribution in [3.63, 3.8) is 0 Å². The van der Waals surface area contributed by atoms with E-state index >= 15 is 0 Å². The molecule has 4 atom stereocenters. The first-order chi connectivity index (χ1) is 24.5. The molecule has 5 N–H and O–H groups in total. The Kier molecular flexibility index (Phi) is 13.6. The fourth-order valence-electron chi connectivity index (χ4n) is 5.89. The molecule has 14 heteroatoms. The van der Waals surface area contributed by atoms with Crippen LogP contribution >= 0.6 is 11.6 Å². The molecule has 0 unspecified atom stereocenters. The molecule has 0 spiro atoms. The second-order valence-electron chi connectivity index (χ2n) is 13.2. The summed E-state index contributed by atoms with van der Waals surface area (Å²) in [6.07, 6.45) is 2.59. The van der Waals surface area contributed by atoms with E-state index in [0.29, 0.717) is 10.6 Å². The van der Waals surface area contributed by atoms with E-state index in [0.717, 1.165) is 48.1 Å². The Labute approximate surface area is 302 Å². The minimum atomic E-state index is -3.74. The van der Waals surface area contributed by atoms with Gasteiger partial charge in [-0.1, -0.05) is 29.8 Å². The minimum absolute atomic E-state index is 0.0396. The molecule has 1 aromatic heterocycles. The van der Waals surface area contributed by atoms with Crippen LogP contribution in [0.1, 0.15) is 56.1 Å². The van der Waals surface area contributed by atoms with Crippen LogP contribution in [0, 0.1) is 5.92 Å². The van der Waals surface area contributed by atoms with Crippen LogP contribution in [-0.2, 0) is 36.3 Å². The lowest BCUT2D eigenvalue weighted by atomic mass is 9.90. The van der Waals surface area contributed by atoms with Gasteiger partial charge < -0.3 is 39.7 Å². The number of rotatable bonds is 22. The van der Waals surface area contributed by atoms with E-state index in [1.165, 1.54) is 12.1 Å². The summed E-state index contributed by atoms with van der Waals surface area (Å²) in [6.45, 7) is -1.29. The minimum Gasteiger partial charge on any atom is -0.490 e. The topological polar surface area (TPSA) is 193 Å². The van der Waals surface area contributed by atoms with E-state index < -0.39 is 52.9 Å². The normalized spacial score (nSPS) is 17.8. The van der Waals surface area contributed by atoms with E-state index in [9.17, 15) is 33.6 Å². The summed E-state index contributed by atoms with van der Waals surface area (Å²) in [6, 6.07) is 14.4. The number of ether oxygens (including phenoxy) is 3. The number of nitrogens with zero attached hydrogens (tertiary/aromatic N) is 1. The van der Waals surface area contributed by atoms with Gasteiger partial charge in [-0.2, -0.15) is 0 Å². The molecule has 3 aromatic rings. The fraction of sp³-hybridized carbons (Fsp3) is 0.514. The van der Waals surface area contributed by atoms with Gasteiger partial charge in [0.05, 0.1) is 48.3 Å². The largest absolute Gasteiger partial charge is 0.490 e. The zero-order valence-corrected chi connectivity index (χ0v) is 29.8. The van der Waals surface area contributed by atoms with Gasteiger partial charge in [-0.25, -0.2) is 8.42 Å². The number of aliphatic hydroxyl groups excluding tert-OH is 5. The molecule has 2 fully saturated rings. The first-order valence-electron chi connectivity index (χ1n) is 17.2. The Morgan fingerprint density at radius 1 is 0.980 bits per heavy atom. The highest BCUT2D eigenvalue weighted by atomic mass is 35.5. The summed E-state index contributed by atoms with van der Waals surface area (Å²) in [7, 11) is -3.74. The number of Topliss-reactive ketones (excluding diaryl/α,β-unsaturated/α-hetero) is 1. The van der Waals surface area contributed by atoms with Crippen molar-refractivity contribution in [2.45, 2.75) is 86.5 Å². The lowest BCUT2D eigenvalue weighted by Gasteiger charge is -2.27. The van der Waals surface area contributed by atoms with Gasteiger partial charge in [-0.05, 0) is 73.6 Å². The lowest BCUT2D eigenvalue weighted by Crippen LogP contribution is -2.45. The lowest BCUT2D eigenvalue weighted by molar-refractivity contribution is -0.127. The van der Waals surface area contributed by atoms with Gasteiger partial charge in [0.2, 0.25) is 0 Å². The molecule has 0 aliphatic heterocycles. The summed E-state index contributed by atoms with van der Waals surface area (Å²) in [5, 5.41) is 48.4. The van der Waals surface area contributed by atoms with Crippen LogP contribution < -0.4 is 4.74 Å². The predicted octanol–water partition coefficient (Wildman–Crippen LogP) is 3.36. The van der Waals surface area contributed by atoms with Crippen LogP contribution in [0.15, 0.2) is 65.8 Å². The van der Waals surface area contributed by atoms with Crippen LogP contribution in [0.25, 0.3) is 11.1 Å². The van der Waals surface area contributed by atoms with Crippen LogP contribution in [0.2, 0.25) is 5.02 Å². The number of benzene rings is 2. The van der Waals surface area contributed by atoms with Crippen LogP contribution in [-0.4, -0.2) is 101 Å². The van der Waals surface area contributed by atoms with Crippen molar-refractivity contribution in [1.29, 1.82) is 0 Å². The Morgan fingerprint density at radius 2 is 1.75 bits per heavy atom. The number of ketones is 1. The first-order valence-corrected chi connectivity index (χ1v) is 19.2. The van der Waals surface area contributed by atoms with Gasteiger partial charge in [0.25, 0.3) is 0 Å². The van der Waals surface area contributed by atoms with Gasteiger partial charge in [0, 0.05) is 60.5 Å². The standard InChI is InChI=1S/C37H46ClNO11S/c38-32-10-9-28(51(46,47)17-16-48-15-3-4-26(42)18-24(21-40)35(44)36(45)33(43)22-41)19-25(32)23-49-37(12-13-37)31-20-39-14-11-29(31)30-5-1-2-6-34(30)50-27-7-8-27/h1-2,5-6,9-11,14,19-20,24,27,33,35-36,40-41,43-45H,3-4,7-8,12-13,15-18,21-23H2/t24-,33+,35+,36+/m0/s1. The molecule has 12 nitrogen and oxygen atoms in total. The number of pyridine rings is 1. The number of carbonyl (C=O) groups excluding carboxylic acids is 1. The van der Waals surface area contributed by atoms with E-state index in [-0.39, 0.29) is 61.6 Å². The molecular weight excluding hydrogens is 702 g/mol. The molecule has 2 aromatic carbocycles. The maximum absolute atomic E-state index is 13.2. The molecule has 5 rings (SSSR count). The fourth-order valence-corrected chi connectivity index (χ4v) is 7.23. The van der Waals surface area contributed by atoms with Gasteiger partial charge in [-0.3, -0.25) is 9.78 Å². The molecule has 0 saturated heterocycles. The van der Waals surface area contributed by atoms with Crippen molar-refractivity contribution in [2.75, 3.05) is 32.2 Å². The number of carbonyl (C=O) groups is 1. The molecule has 2 aliphatic carbocycles. The van der Waals surface area contributed by atoms with Crippen molar-refractivity contribution in [3.8, 4) is 16.9 Å². The van der Waals surface area contributed by atoms with E-state index in [1.54, 1.807) is 12.3 Å². The molecule has 0 bridgehead atoms. The Morgan fingerprint density at radius 3 is 2.45 bits per heavy atom. The quantitative estimate of drug-likeness (QED) is 0.0944. The van der Waals surface area contributed by atoms with Gasteiger partial charge in [-0.15, -0.1) is 0 Å². The molecule has 0 radical (unpaired) electrons. The molecule has 51 heavy (non-hydrogen) atoms. The average Bonchev–Trinajstić information content (AvgIpc) is 4.08. The smallest absolute Gasteiger partial charge is 0.180 e. The van der Waals surface area contributed by atoms with Gasteiger partial charge >= 0.3 is 0 Å². The SMILES string of the molecule is O=C(CCCOCCS(=O)(=O)c1ccc(Cl)c(COC2(c3cnccc3-c3ccccc3OC3CC3)CC2)c1)C[C@@H](CO)[C@@H](O)[C@H](O)[C@H](O)CO. The first kappa shape index (κ1) is 39.2. The molecular formula is C37H46ClNO11S. The highest BCUT2D eigenvalue weighted by molar-refractivity contribution is 7.91. The van der Waals surface area contributed by atoms with Crippen molar-refractivity contribution in [2.24, 2.45) is 5.92 Å². The Hall–Kier alpha value is -2.98. The third kappa shape index (κ3) is 10.3. The van der Waals surface area contributed by atoms with E-state index in [2.05, 4.69) is 4.98 Å². The Bertz CT molecular complexity index is 1730. The second kappa shape index (κ2) is 17.7. The molecule has 278 valence electrons. The van der Waals surface area contributed by atoms with Gasteiger partial charge in [0.1, 0.15) is 23.7 Å². The van der Waals surface area contributed by atoms with Crippen LogP contribution in [0.4, 0.5) is 0 Å². The van der Waals surface area contributed by atoms with Crippen molar-refractivity contribution < 1.29 is 53.0 Å². The molecule has 1 heterocycles. The van der Waals surface area contributed by atoms with E-state index in [1.807, 2.05) is 36.5 Å². The zero-order valence-electron chi connectivity index (χ0n) is 28.3. The summed E-state index contributed by atoms with van der Waals surface area (Å²) in [5.41, 5.74) is 2.84. The Balaban J connectivity index is 1.12. The molecule has 2 aliphatic rings. The monoisotopic (exact) mass is 747 g/mol. The van der Waals surface area contributed by atoms with Gasteiger partial charge in [0.15, 0.2) is 9.84 Å². The maximum atomic E-state index is 13.2. The molecule has 0 amide bonds. The van der Waals surface area contributed by atoms with Crippen LogP contribution in [0.5, 0.6) is 5.75 Å². The van der Waals surface area contributed by atoms with E-state index in [4.69, 9.17) is 30.9 Å². The number of aromatic nitrogens is 1. The summed E-state index contributed by atoms with van der Waals surface area (Å²) < 4.78 is 44.6. The van der Waals surface area contributed by atoms with Crippen molar-refractivity contribution in [1.82, 2.24) is 4.98 Å². The summed E-state index contributed by atoms with van der Waals surface area (Å²) in [5.74, 6) is -0.807. The summed E-state index contributed by atoms with van der Waals surface area (Å²) in [4.78, 5) is 16.8. The molecule has 2 saturated carbocycles.